The van der Waals surface area contributed by atoms with Crippen LogP contribution in [0.4, 0.5) is 4.79 Å². The van der Waals surface area contributed by atoms with E-state index in [-0.39, 0.29) is 6.54 Å². The lowest BCUT2D eigenvalue weighted by Crippen LogP contribution is -2.47. The van der Waals surface area contributed by atoms with Gasteiger partial charge in [0.25, 0.3) is 0 Å². The van der Waals surface area contributed by atoms with Gasteiger partial charge in [-0.1, -0.05) is 32.1 Å². The Hall–Kier alpha value is -1.79. The van der Waals surface area contributed by atoms with Gasteiger partial charge in [0.15, 0.2) is 0 Å². The van der Waals surface area contributed by atoms with Gasteiger partial charge in [0.2, 0.25) is 5.91 Å². The van der Waals surface area contributed by atoms with E-state index in [1.807, 2.05) is 0 Å². The second kappa shape index (κ2) is 9.49. The summed E-state index contributed by atoms with van der Waals surface area (Å²) in [4.78, 5) is 35.4. The molecule has 0 aromatic carbocycles. The van der Waals surface area contributed by atoms with Crippen molar-refractivity contribution in [2.75, 3.05) is 13.7 Å². The van der Waals surface area contributed by atoms with Crippen LogP contribution < -0.4 is 10.6 Å². The Morgan fingerprint density at radius 1 is 1.12 bits per heavy atom. The summed E-state index contributed by atoms with van der Waals surface area (Å²) in [5.41, 5.74) is -0.629. The number of hydrogen-bond donors (Lipinski definition) is 2. The van der Waals surface area contributed by atoms with Crippen molar-refractivity contribution in [3.63, 3.8) is 0 Å². The monoisotopic (exact) mass is 342 g/mol. The van der Waals surface area contributed by atoms with Crippen LogP contribution >= 0.6 is 0 Å². The molecule has 1 atom stereocenters. The Morgan fingerprint density at radius 2 is 1.75 bits per heavy atom. The Morgan fingerprint density at radius 3 is 2.29 bits per heavy atom. The van der Waals surface area contributed by atoms with Crippen LogP contribution in [-0.2, 0) is 19.1 Å². The molecule has 24 heavy (non-hydrogen) atoms. The highest BCUT2D eigenvalue weighted by Gasteiger charge is 2.26. The molecule has 0 radical (unpaired) electrons. The summed E-state index contributed by atoms with van der Waals surface area (Å²) in [6.07, 6.45) is 5.59. The van der Waals surface area contributed by atoms with Crippen LogP contribution in [0, 0.1) is 5.92 Å². The average Bonchev–Trinajstić information content (AvgIpc) is 2.51. The maximum Gasteiger partial charge on any atom is 0.408 e. The van der Waals surface area contributed by atoms with Crippen molar-refractivity contribution in [1.29, 1.82) is 0 Å². The predicted molar refractivity (Wildman–Crippen MR) is 89.4 cm³/mol. The molecular formula is C17H30N2O5. The highest BCUT2D eigenvalue weighted by Crippen LogP contribution is 2.27. The summed E-state index contributed by atoms with van der Waals surface area (Å²) in [6, 6.07) is -0.675. The van der Waals surface area contributed by atoms with E-state index >= 15 is 0 Å². The number of hydrogen-bond acceptors (Lipinski definition) is 5. The lowest BCUT2D eigenvalue weighted by molar-refractivity contribution is -0.145. The zero-order valence-electron chi connectivity index (χ0n) is 15.1. The molecule has 1 saturated carbocycles. The van der Waals surface area contributed by atoms with E-state index in [4.69, 9.17) is 9.47 Å². The SMILES string of the molecule is COC(=O)[C@H](CC1CCCCC1)NC(=O)CNC(=O)OC(C)(C)C. The number of amides is 2. The van der Waals surface area contributed by atoms with Gasteiger partial charge in [0.05, 0.1) is 7.11 Å². The minimum Gasteiger partial charge on any atom is -0.467 e. The van der Waals surface area contributed by atoms with Crippen molar-refractivity contribution in [1.82, 2.24) is 10.6 Å². The van der Waals surface area contributed by atoms with E-state index in [1.165, 1.54) is 13.5 Å². The molecular weight excluding hydrogens is 312 g/mol. The molecule has 1 fully saturated rings. The Bertz CT molecular complexity index is 439. The third-order valence-electron chi connectivity index (χ3n) is 3.91. The largest absolute Gasteiger partial charge is 0.467 e. The normalized spacial score (nSPS) is 16.8. The highest BCUT2D eigenvalue weighted by molar-refractivity contribution is 5.87. The van der Waals surface area contributed by atoms with E-state index in [0.29, 0.717) is 12.3 Å². The number of alkyl carbamates (subject to hydrolysis) is 1. The number of carbonyl (C=O) groups excluding carboxylic acids is 3. The lowest BCUT2D eigenvalue weighted by atomic mass is 9.85. The number of ether oxygens (including phenoxy) is 2. The number of carbonyl (C=O) groups is 3. The first kappa shape index (κ1) is 20.3. The molecule has 2 N–H and O–H groups in total. The average molecular weight is 342 g/mol. The Balaban J connectivity index is 2.45. The molecule has 0 unspecified atom stereocenters. The van der Waals surface area contributed by atoms with Crippen LogP contribution in [0.5, 0.6) is 0 Å². The van der Waals surface area contributed by atoms with Gasteiger partial charge in [-0.2, -0.15) is 0 Å². The van der Waals surface area contributed by atoms with Gasteiger partial charge in [0, 0.05) is 0 Å². The van der Waals surface area contributed by atoms with Crippen LogP contribution in [0.1, 0.15) is 59.3 Å². The van der Waals surface area contributed by atoms with Crippen LogP contribution in [0.15, 0.2) is 0 Å². The van der Waals surface area contributed by atoms with E-state index in [1.54, 1.807) is 20.8 Å². The van der Waals surface area contributed by atoms with E-state index in [0.717, 1.165) is 25.7 Å². The second-order valence-corrected chi connectivity index (χ2v) is 7.24. The fourth-order valence-corrected chi connectivity index (χ4v) is 2.82. The lowest BCUT2D eigenvalue weighted by Gasteiger charge is -2.26. The van der Waals surface area contributed by atoms with Gasteiger partial charge >= 0.3 is 12.1 Å². The van der Waals surface area contributed by atoms with Gasteiger partial charge in [-0.05, 0) is 33.1 Å². The van der Waals surface area contributed by atoms with Gasteiger partial charge < -0.3 is 20.1 Å². The van der Waals surface area contributed by atoms with Crippen molar-refractivity contribution in [3.05, 3.63) is 0 Å². The molecule has 0 aliphatic heterocycles. The summed E-state index contributed by atoms with van der Waals surface area (Å²) >= 11 is 0. The first-order valence-electron chi connectivity index (χ1n) is 8.55. The predicted octanol–water partition coefficient (Wildman–Crippen LogP) is 2.14. The van der Waals surface area contributed by atoms with E-state index in [2.05, 4.69) is 10.6 Å². The molecule has 1 aliphatic rings. The first-order valence-corrected chi connectivity index (χ1v) is 8.55. The van der Waals surface area contributed by atoms with Crippen molar-refractivity contribution in [2.24, 2.45) is 5.92 Å². The Labute approximate surface area is 143 Å². The molecule has 0 aromatic heterocycles. The standard InChI is InChI=1S/C17H30N2O5/c1-17(2,3)24-16(22)18-11-14(20)19-13(15(21)23-4)10-12-8-6-5-7-9-12/h12-13H,5-11H2,1-4H3,(H,18,22)(H,19,20)/t13-/m0/s1. The molecule has 0 saturated heterocycles. The molecule has 1 rings (SSSR count). The number of methoxy groups -OCH3 is 1. The van der Waals surface area contributed by atoms with E-state index in [9.17, 15) is 14.4 Å². The molecule has 1 aliphatic carbocycles. The summed E-state index contributed by atoms with van der Waals surface area (Å²) in [5, 5.41) is 5.03. The molecule has 0 spiro atoms. The fraction of sp³-hybridized carbons (Fsp3) is 0.824. The van der Waals surface area contributed by atoms with Crippen LogP contribution in [0.3, 0.4) is 0 Å². The quantitative estimate of drug-likeness (QED) is 0.721. The molecule has 7 heteroatoms. The molecule has 7 nitrogen and oxygen atoms in total. The van der Waals surface area contributed by atoms with Gasteiger partial charge in [0.1, 0.15) is 18.2 Å². The first-order chi connectivity index (χ1) is 11.2. The van der Waals surface area contributed by atoms with Crippen molar-refractivity contribution in [3.8, 4) is 0 Å². The highest BCUT2D eigenvalue weighted by atomic mass is 16.6. The molecule has 0 bridgehead atoms. The van der Waals surface area contributed by atoms with Crippen LogP contribution in [-0.4, -0.2) is 43.3 Å². The van der Waals surface area contributed by atoms with Crippen LogP contribution in [0.25, 0.3) is 0 Å². The van der Waals surface area contributed by atoms with Crippen molar-refractivity contribution < 1.29 is 23.9 Å². The number of esters is 1. The summed E-state index contributed by atoms with van der Waals surface area (Å²) in [5.74, 6) is -0.472. The minimum absolute atomic E-state index is 0.243. The summed E-state index contributed by atoms with van der Waals surface area (Å²) < 4.78 is 9.84. The zero-order valence-corrected chi connectivity index (χ0v) is 15.1. The molecule has 138 valence electrons. The van der Waals surface area contributed by atoms with Crippen LogP contribution in [0.2, 0.25) is 0 Å². The summed E-state index contributed by atoms with van der Waals surface area (Å²) in [6.45, 7) is 4.98. The second-order valence-electron chi connectivity index (χ2n) is 7.24. The zero-order chi connectivity index (χ0) is 18.2. The molecule has 0 aromatic rings. The molecule has 2 amide bonds. The van der Waals surface area contributed by atoms with E-state index < -0.39 is 29.6 Å². The van der Waals surface area contributed by atoms with Gasteiger partial charge in [-0.15, -0.1) is 0 Å². The Kier molecular flexibility index (Phi) is 8.01. The fourth-order valence-electron chi connectivity index (χ4n) is 2.82. The third-order valence-corrected chi connectivity index (χ3v) is 3.91. The maximum atomic E-state index is 12.0. The maximum absolute atomic E-state index is 12.0. The number of rotatable bonds is 6. The molecule has 0 heterocycles. The van der Waals surface area contributed by atoms with Gasteiger partial charge in [-0.3, -0.25) is 4.79 Å². The number of nitrogens with one attached hydrogen (secondary N) is 2. The van der Waals surface area contributed by atoms with Crippen molar-refractivity contribution in [2.45, 2.75) is 70.9 Å². The van der Waals surface area contributed by atoms with Gasteiger partial charge in [-0.25, -0.2) is 9.59 Å². The minimum atomic E-state index is -0.675. The van der Waals surface area contributed by atoms with Crippen molar-refractivity contribution >= 4 is 18.0 Å². The third kappa shape index (κ3) is 8.17. The summed E-state index contributed by atoms with van der Waals surface area (Å²) in [7, 11) is 1.31. The topological polar surface area (TPSA) is 93.7 Å². The smallest absolute Gasteiger partial charge is 0.408 e.